The van der Waals surface area contributed by atoms with E-state index >= 15 is 0 Å². The molecule has 0 radical (unpaired) electrons. The lowest BCUT2D eigenvalue weighted by Crippen LogP contribution is -2.12. The molecule has 0 aliphatic carbocycles. The number of hydrogen-bond donors (Lipinski definition) is 0. The van der Waals surface area contributed by atoms with Gasteiger partial charge in [-0.15, -0.1) is 0 Å². The normalized spacial score (nSPS) is 13.1. The molecule has 0 bridgehead atoms. The predicted octanol–water partition coefficient (Wildman–Crippen LogP) is 2.14. The minimum absolute atomic E-state index is 0.368. The van der Waals surface area contributed by atoms with Crippen LogP contribution in [0.3, 0.4) is 0 Å². The van der Waals surface area contributed by atoms with Crippen LogP contribution in [0.4, 0.5) is 0 Å². The first kappa shape index (κ1) is 13.0. The Labute approximate surface area is 109 Å². The zero-order chi connectivity index (χ0) is 13.1. The van der Waals surface area contributed by atoms with Crippen LogP contribution in [0.1, 0.15) is 25.4 Å². The molecule has 5 nitrogen and oxygen atoms in total. The Morgan fingerprint density at radius 3 is 2.89 bits per heavy atom. The minimum Gasteiger partial charge on any atom is -0.468 e. The van der Waals surface area contributed by atoms with Gasteiger partial charge in [-0.05, 0) is 18.9 Å². The third-order valence-electron chi connectivity index (χ3n) is 2.55. The van der Waals surface area contributed by atoms with Gasteiger partial charge in [0.2, 0.25) is 0 Å². The van der Waals surface area contributed by atoms with E-state index in [-0.39, 0.29) is 0 Å². The van der Waals surface area contributed by atoms with Crippen LogP contribution in [-0.4, -0.2) is 19.0 Å². The van der Waals surface area contributed by atoms with Crippen LogP contribution in [0.25, 0.3) is 0 Å². The van der Waals surface area contributed by atoms with Crippen molar-refractivity contribution in [3.05, 3.63) is 30.2 Å². The standard InChI is InChI=1S/C12H17N3O2S/c1-9(2)6-15-12(13-8-14-15)7-18(16)11-4-5-17-10(11)3/h4-5,8-9H,6-7H2,1-3H3/t18-/m1/s1. The van der Waals surface area contributed by atoms with Crippen molar-refractivity contribution in [2.45, 2.75) is 38.0 Å². The van der Waals surface area contributed by atoms with E-state index < -0.39 is 10.8 Å². The maximum Gasteiger partial charge on any atom is 0.139 e. The Balaban J connectivity index is 2.13. The quantitative estimate of drug-likeness (QED) is 0.832. The molecule has 1 atom stereocenters. The third-order valence-corrected chi connectivity index (χ3v) is 3.99. The van der Waals surface area contributed by atoms with Crippen LogP contribution in [0, 0.1) is 12.8 Å². The number of furan rings is 1. The Hall–Kier alpha value is -1.43. The van der Waals surface area contributed by atoms with Gasteiger partial charge < -0.3 is 4.42 Å². The van der Waals surface area contributed by atoms with Crippen molar-refractivity contribution in [3.63, 3.8) is 0 Å². The first-order chi connectivity index (χ1) is 8.58. The van der Waals surface area contributed by atoms with Crippen LogP contribution in [0.15, 0.2) is 28.0 Å². The third kappa shape index (κ3) is 2.87. The average molecular weight is 267 g/mol. The molecule has 0 amide bonds. The molecule has 0 N–H and O–H groups in total. The number of hydrogen-bond acceptors (Lipinski definition) is 4. The Bertz CT molecular complexity index is 545. The molecule has 2 aromatic rings. The van der Waals surface area contributed by atoms with Gasteiger partial charge >= 0.3 is 0 Å². The monoisotopic (exact) mass is 267 g/mol. The second-order valence-corrected chi connectivity index (χ2v) is 6.00. The van der Waals surface area contributed by atoms with Crippen LogP contribution in [0.2, 0.25) is 0 Å². The molecule has 18 heavy (non-hydrogen) atoms. The van der Waals surface area contributed by atoms with Gasteiger partial charge in [-0.1, -0.05) is 13.8 Å². The molecule has 0 unspecified atom stereocenters. The maximum atomic E-state index is 12.2. The van der Waals surface area contributed by atoms with Gasteiger partial charge in [-0.2, -0.15) is 5.10 Å². The van der Waals surface area contributed by atoms with Crippen molar-refractivity contribution < 1.29 is 8.63 Å². The molecule has 0 saturated carbocycles. The highest BCUT2D eigenvalue weighted by Crippen LogP contribution is 2.16. The van der Waals surface area contributed by atoms with Crippen molar-refractivity contribution in [2.75, 3.05) is 0 Å². The van der Waals surface area contributed by atoms with Gasteiger partial charge in [0.1, 0.15) is 17.9 Å². The van der Waals surface area contributed by atoms with Crippen molar-refractivity contribution in [1.82, 2.24) is 14.8 Å². The molecule has 2 rings (SSSR count). The molecule has 0 spiro atoms. The highest BCUT2D eigenvalue weighted by atomic mass is 32.2. The highest BCUT2D eigenvalue weighted by Gasteiger charge is 2.14. The molecular formula is C12H17N3O2S. The van der Waals surface area contributed by atoms with Crippen LogP contribution < -0.4 is 0 Å². The molecular weight excluding hydrogens is 250 g/mol. The molecule has 98 valence electrons. The van der Waals surface area contributed by atoms with Gasteiger partial charge in [-0.25, -0.2) is 9.67 Å². The number of nitrogens with zero attached hydrogens (tertiary/aromatic N) is 3. The van der Waals surface area contributed by atoms with Gasteiger partial charge in [0.25, 0.3) is 0 Å². The van der Waals surface area contributed by atoms with E-state index in [1.807, 2.05) is 11.6 Å². The summed E-state index contributed by atoms with van der Waals surface area (Å²) in [6.07, 6.45) is 3.07. The molecule has 6 heteroatoms. The topological polar surface area (TPSA) is 60.9 Å². The maximum absolute atomic E-state index is 12.2. The Morgan fingerprint density at radius 2 is 2.28 bits per heavy atom. The van der Waals surface area contributed by atoms with Crippen LogP contribution >= 0.6 is 0 Å². The Morgan fingerprint density at radius 1 is 1.50 bits per heavy atom. The van der Waals surface area contributed by atoms with E-state index in [9.17, 15) is 4.21 Å². The summed E-state index contributed by atoms with van der Waals surface area (Å²) >= 11 is 0. The zero-order valence-corrected chi connectivity index (χ0v) is 11.6. The molecule has 0 aliphatic rings. The minimum atomic E-state index is -1.14. The van der Waals surface area contributed by atoms with Crippen LogP contribution in [0.5, 0.6) is 0 Å². The van der Waals surface area contributed by atoms with Gasteiger partial charge in [-0.3, -0.25) is 4.21 Å². The van der Waals surface area contributed by atoms with Crippen molar-refractivity contribution in [3.8, 4) is 0 Å². The first-order valence-corrected chi connectivity index (χ1v) is 7.19. The van der Waals surface area contributed by atoms with E-state index in [1.165, 1.54) is 6.33 Å². The highest BCUT2D eigenvalue weighted by molar-refractivity contribution is 7.84. The summed E-state index contributed by atoms with van der Waals surface area (Å²) < 4.78 is 19.2. The van der Waals surface area contributed by atoms with Crippen molar-refractivity contribution in [1.29, 1.82) is 0 Å². The molecule has 0 aromatic carbocycles. The summed E-state index contributed by atoms with van der Waals surface area (Å²) in [5, 5.41) is 4.16. The second-order valence-electron chi connectivity index (χ2n) is 4.58. The lowest BCUT2D eigenvalue weighted by Gasteiger charge is -2.08. The molecule has 0 aliphatic heterocycles. The van der Waals surface area contributed by atoms with E-state index in [4.69, 9.17) is 4.42 Å². The summed E-state index contributed by atoms with van der Waals surface area (Å²) in [6.45, 7) is 6.83. The fourth-order valence-corrected chi connectivity index (χ4v) is 2.89. The lowest BCUT2D eigenvalue weighted by molar-refractivity contribution is 0.471. The number of aromatic nitrogens is 3. The van der Waals surface area contributed by atoms with Crippen LogP contribution in [-0.2, 0) is 23.1 Å². The largest absolute Gasteiger partial charge is 0.468 e. The number of aryl methyl sites for hydroxylation is 1. The zero-order valence-electron chi connectivity index (χ0n) is 10.8. The summed E-state index contributed by atoms with van der Waals surface area (Å²) in [6, 6.07) is 1.74. The summed E-state index contributed by atoms with van der Waals surface area (Å²) in [5.74, 6) is 2.30. The predicted molar refractivity (Wildman–Crippen MR) is 68.4 cm³/mol. The number of rotatable bonds is 5. The van der Waals surface area contributed by atoms with Crippen molar-refractivity contribution in [2.24, 2.45) is 5.92 Å². The summed E-state index contributed by atoms with van der Waals surface area (Å²) in [5.41, 5.74) is 0. The van der Waals surface area contributed by atoms with Gasteiger partial charge in [0.05, 0.1) is 27.7 Å². The van der Waals surface area contributed by atoms with E-state index in [0.29, 0.717) is 17.4 Å². The average Bonchev–Trinajstić information content (AvgIpc) is 2.88. The molecule has 0 fully saturated rings. The smallest absolute Gasteiger partial charge is 0.139 e. The van der Waals surface area contributed by atoms with E-state index in [0.717, 1.165) is 17.3 Å². The SMILES string of the molecule is Cc1occc1[S@](=O)Cc1ncnn1CC(C)C. The second kappa shape index (κ2) is 5.48. The summed E-state index contributed by atoms with van der Waals surface area (Å²) in [4.78, 5) is 4.91. The molecule has 2 aromatic heterocycles. The van der Waals surface area contributed by atoms with Gasteiger partial charge in [0.15, 0.2) is 0 Å². The van der Waals surface area contributed by atoms with E-state index in [1.54, 1.807) is 12.3 Å². The molecule has 2 heterocycles. The fourth-order valence-electron chi connectivity index (χ4n) is 1.70. The first-order valence-electron chi connectivity index (χ1n) is 5.87. The Kier molecular flexibility index (Phi) is 3.96. The fraction of sp³-hybridized carbons (Fsp3) is 0.500. The van der Waals surface area contributed by atoms with E-state index in [2.05, 4.69) is 23.9 Å². The van der Waals surface area contributed by atoms with Crippen molar-refractivity contribution >= 4 is 10.8 Å². The lowest BCUT2D eigenvalue weighted by atomic mass is 10.2. The van der Waals surface area contributed by atoms with Gasteiger partial charge in [0, 0.05) is 6.54 Å². The summed E-state index contributed by atoms with van der Waals surface area (Å²) in [7, 11) is -1.14. The molecule has 0 saturated heterocycles.